The van der Waals surface area contributed by atoms with Crippen molar-refractivity contribution in [3.63, 3.8) is 0 Å². The first-order valence-corrected chi connectivity index (χ1v) is 17.1. The minimum absolute atomic E-state index is 0.197. The predicted octanol–water partition coefficient (Wildman–Crippen LogP) is 3.13. The van der Waals surface area contributed by atoms with Gasteiger partial charge in [0.25, 0.3) is 5.91 Å². The first-order chi connectivity index (χ1) is 24.0. The summed E-state index contributed by atoms with van der Waals surface area (Å²) in [6.07, 6.45) is 0.695. The van der Waals surface area contributed by atoms with Crippen LogP contribution in [0.3, 0.4) is 0 Å². The zero-order valence-corrected chi connectivity index (χ0v) is 29.1. The van der Waals surface area contributed by atoms with Crippen molar-refractivity contribution in [3.8, 4) is 23.1 Å². The lowest BCUT2D eigenvalue weighted by molar-refractivity contribution is -0.144. The number of halogens is 2. The van der Waals surface area contributed by atoms with E-state index in [1.54, 1.807) is 24.3 Å². The average Bonchev–Trinajstić information content (AvgIpc) is 3.46. The molecule has 0 bridgehead atoms. The number of hydrogen-bond acceptors (Lipinski definition) is 7. The number of benzene rings is 2. The van der Waals surface area contributed by atoms with Gasteiger partial charge in [-0.2, -0.15) is 5.10 Å². The molecular formula is C35H39Cl2N7O6. The minimum Gasteiger partial charge on any atom is -0.465 e. The van der Waals surface area contributed by atoms with Gasteiger partial charge in [0.2, 0.25) is 0 Å². The van der Waals surface area contributed by atoms with Gasteiger partial charge in [0, 0.05) is 79.7 Å². The van der Waals surface area contributed by atoms with E-state index in [0.29, 0.717) is 53.8 Å². The summed E-state index contributed by atoms with van der Waals surface area (Å²) < 4.78 is 7.58. The summed E-state index contributed by atoms with van der Waals surface area (Å²) in [7, 11) is 0. The smallest absolute Gasteiger partial charge is 0.404 e. The number of carbonyl (C=O) groups excluding carboxylic acids is 3. The predicted molar refractivity (Wildman–Crippen MR) is 188 cm³/mol. The van der Waals surface area contributed by atoms with Crippen LogP contribution < -0.4 is 16.4 Å². The van der Waals surface area contributed by atoms with Gasteiger partial charge in [-0.25, -0.2) is 4.79 Å². The zero-order valence-electron chi connectivity index (χ0n) is 27.6. The van der Waals surface area contributed by atoms with Gasteiger partial charge in [-0.1, -0.05) is 41.1 Å². The van der Waals surface area contributed by atoms with Crippen LogP contribution in [0.25, 0.3) is 11.3 Å². The van der Waals surface area contributed by atoms with Crippen LogP contribution >= 0.6 is 23.2 Å². The third-order valence-corrected chi connectivity index (χ3v) is 9.32. The van der Waals surface area contributed by atoms with Crippen molar-refractivity contribution in [2.75, 3.05) is 45.9 Å². The molecule has 264 valence electrons. The Morgan fingerprint density at radius 2 is 1.80 bits per heavy atom. The molecule has 1 aromatic heterocycles. The Balaban J connectivity index is 1.38. The molecular weight excluding hydrogens is 685 g/mol. The Morgan fingerprint density at radius 1 is 1.02 bits per heavy atom. The monoisotopic (exact) mass is 723 g/mol. The fourth-order valence-electron chi connectivity index (χ4n) is 6.02. The maximum atomic E-state index is 12.8. The Labute approximate surface area is 300 Å². The molecule has 4 amide bonds. The van der Waals surface area contributed by atoms with Crippen LogP contribution in [0.1, 0.15) is 52.5 Å². The SMILES string of the molecule is C[C@H]1COCCN1CCCn1nc(-c2ccc(Cl)c(C#Cc3ccc(Cl)c(C(=O)NCCCNC(=O)O)c3)c2)c2c1CCN(C(=O)C(N)=O)C2. The van der Waals surface area contributed by atoms with E-state index >= 15 is 0 Å². The lowest BCUT2D eigenvalue weighted by atomic mass is 9.99. The zero-order chi connectivity index (χ0) is 35.8. The molecule has 2 aliphatic heterocycles. The van der Waals surface area contributed by atoms with Crippen molar-refractivity contribution in [3.05, 3.63) is 74.4 Å². The molecule has 1 fully saturated rings. The fourth-order valence-corrected chi connectivity index (χ4v) is 6.39. The van der Waals surface area contributed by atoms with Crippen molar-refractivity contribution < 1.29 is 29.0 Å². The number of carbonyl (C=O) groups is 4. The molecule has 2 aliphatic rings. The van der Waals surface area contributed by atoms with Gasteiger partial charge in [0.1, 0.15) is 0 Å². The summed E-state index contributed by atoms with van der Waals surface area (Å²) in [6.45, 7) is 7.10. The molecule has 0 radical (unpaired) electrons. The highest BCUT2D eigenvalue weighted by molar-refractivity contribution is 6.34. The minimum atomic E-state index is -1.13. The summed E-state index contributed by atoms with van der Waals surface area (Å²) >= 11 is 12.9. The Morgan fingerprint density at radius 3 is 2.56 bits per heavy atom. The number of nitrogens with zero attached hydrogens (tertiary/aromatic N) is 4. The fraction of sp³-hybridized carbons (Fsp3) is 0.400. The van der Waals surface area contributed by atoms with Crippen LogP contribution in [0, 0.1) is 11.8 Å². The number of primary amides is 1. The number of carboxylic acid groups (broad SMARTS) is 1. The molecule has 0 saturated carbocycles. The number of ether oxygens (including phenoxy) is 1. The maximum absolute atomic E-state index is 12.8. The standard InChI is InChI=1S/C35H39Cl2N7O6/c1-22-21-50-17-16-42(22)13-3-14-44-30-10-15-43(34(47)32(38)45)20-27(30)31(41-44)25-7-9-28(36)24(19-25)6-4-23-5-8-29(37)26(18-23)33(46)39-11-2-12-40-35(48)49/h5,7-9,18-19,22,40H,2-3,10-17,20-21H2,1H3,(H2,38,45)(H,39,46)(H,48,49)/t22-/m0/s1. The van der Waals surface area contributed by atoms with E-state index in [-0.39, 0.29) is 30.2 Å². The van der Waals surface area contributed by atoms with Crippen LogP contribution in [-0.4, -0.2) is 100 Å². The highest BCUT2D eigenvalue weighted by Gasteiger charge is 2.30. The number of rotatable bonds is 10. The summed E-state index contributed by atoms with van der Waals surface area (Å²) in [4.78, 5) is 51.5. The van der Waals surface area contributed by atoms with Crippen LogP contribution in [-0.2, 0) is 33.8 Å². The van der Waals surface area contributed by atoms with Crippen LogP contribution in [0.4, 0.5) is 4.79 Å². The molecule has 50 heavy (non-hydrogen) atoms. The first kappa shape index (κ1) is 36.7. The summed E-state index contributed by atoms with van der Waals surface area (Å²) in [5.41, 5.74) is 9.91. The molecule has 0 spiro atoms. The number of hydrogen-bond donors (Lipinski definition) is 4. The highest BCUT2D eigenvalue weighted by Crippen LogP contribution is 2.32. The topological polar surface area (TPSA) is 172 Å². The number of nitrogens with two attached hydrogens (primary N) is 1. The Bertz CT molecular complexity index is 1840. The van der Waals surface area contributed by atoms with Crippen molar-refractivity contribution in [2.24, 2.45) is 5.73 Å². The van der Waals surface area contributed by atoms with Crippen molar-refractivity contribution in [2.45, 2.75) is 45.3 Å². The van der Waals surface area contributed by atoms with Crippen LogP contribution in [0.5, 0.6) is 0 Å². The van der Waals surface area contributed by atoms with Gasteiger partial charge in [0.15, 0.2) is 0 Å². The van der Waals surface area contributed by atoms with Gasteiger partial charge >= 0.3 is 17.9 Å². The number of morpholine rings is 1. The summed E-state index contributed by atoms with van der Waals surface area (Å²) in [5.74, 6) is 4.03. The van der Waals surface area contributed by atoms with Crippen LogP contribution in [0.15, 0.2) is 36.4 Å². The molecule has 5 N–H and O–H groups in total. The van der Waals surface area contributed by atoms with Gasteiger partial charge in [-0.05, 0) is 50.1 Å². The van der Waals surface area contributed by atoms with Gasteiger partial charge < -0.3 is 31.1 Å². The normalized spacial score (nSPS) is 15.8. The van der Waals surface area contributed by atoms with Gasteiger partial charge in [0.05, 0.1) is 41.1 Å². The molecule has 1 saturated heterocycles. The molecule has 15 heteroatoms. The summed E-state index contributed by atoms with van der Waals surface area (Å²) in [5, 5.41) is 19.3. The molecule has 3 heterocycles. The maximum Gasteiger partial charge on any atom is 0.404 e. The molecule has 1 atom stereocenters. The van der Waals surface area contributed by atoms with E-state index in [1.807, 2.05) is 16.8 Å². The van der Waals surface area contributed by atoms with Gasteiger partial charge in [-0.3, -0.25) is 24.0 Å². The third-order valence-electron chi connectivity index (χ3n) is 8.66. The number of aryl methyl sites for hydroxylation is 1. The number of fused-ring (bicyclic) bond motifs is 1. The molecule has 13 nitrogen and oxygen atoms in total. The van der Waals surface area contributed by atoms with E-state index in [4.69, 9.17) is 43.9 Å². The van der Waals surface area contributed by atoms with E-state index in [1.165, 1.54) is 4.90 Å². The Hall–Kier alpha value is -4.61. The van der Waals surface area contributed by atoms with Gasteiger partial charge in [-0.15, -0.1) is 0 Å². The van der Waals surface area contributed by atoms with E-state index < -0.39 is 23.8 Å². The van der Waals surface area contributed by atoms with E-state index in [9.17, 15) is 19.2 Å². The average molecular weight is 725 g/mol. The third kappa shape index (κ3) is 9.13. The summed E-state index contributed by atoms with van der Waals surface area (Å²) in [6, 6.07) is 10.6. The molecule has 5 rings (SSSR count). The lowest BCUT2D eigenvalue weighted by Crippen LogP contribution is -2.44. The quantitative estimate of drug-likeness (QED) is 0.140. The second-order valence-corrected chi connectivity index (χ2v) is 12.9. The molecule has 3 aromatic rings. The first-order valence-electron chi connectivity index (χ1n) is 16.4. The second kappa shape index (κ2) is 16.9. The van der Waals surface area contributed by atoms with E-state index in [2.05, 4.69) is 34.3 Å². The highest BCUT2D eigenvalue weighted by atomic mass is 35.5. The number of nitrogens with one attached hydrogen (secondary N) is 2. The van der Waals surface area contributed by atoms with Crippen molar-refractivity contribution >= 4 is 47.0 Å². The Kier molecular flexibility index (Phi) is 12.4. The van der Waals surface area contributed by atoms with Crippen molar-refractivity contribution in [1.29, 1.82) is 0 Å². The van der Waals surface area contributed by atoms with Crippen molar-refractivity contribution in [1.82, 2.24) is 30.2 Å². The second-order valence-electron chi connectivity index (χ2n) is 12.1. The molecule has 2 aromatic carbocycles. The lowest BCUT2D eigenvalue weighted by Gasteiger charge is -2.33. The van der Waals surface area contributed by atoms with Crippen LogP contribution in [0.2, 0.25) is 10.0 Å². The van der Waals surface area contributed by atoms with E-state index in [0.717, 1.165) is 49.5 Å². The molecule has 0 unspecified atom stereocenters. The number of aromatic nitrogens is 2. The molecule has 0 aliphatic carbocycles. The number of amides is 4. The largest absolute Gasteiger partial charge is 0.465 e.